The minimum Gasteiger partial charge on any atom is -0.494 e. The number of piperidine rings is 1. The molecule has 5 nitrogen and oxygen atoms in total. The SMILES string of the molecule is O=C(CCCn1c(O)c2c(c1O)CCCC2)N1CCCC2CCCC=C21. The highest BCUT2D eigenvalue weighted by molar-refractivity contribution is 5.78. The van der Waals surface area contributed by atoms with Crippen LogP contribution in [0.15, 0.2) is 11.8 Å². The van der Waals surface area contributed by atoms with Gasteiger partial charge >= 0.3 is 0 Å². The summed E-state index contributed by atoms with van der Waals surface area (Å²) >= 11 is 0. The first-order valence-electron chi connectivity index (χ1n) is 10.3. The minimum atomic E-state index is 0.193. The van der Waals surface area contributed by atoms with Crippen LogP contribution in [0.1, 0.15) is 68.9 Å². The Balaban J connectivity index is 1.38. The highest BCUT2D eigenvalue weighted by Gasteiger charge is 2.30. The fourth-order valence-electron chi connectivity index (χ4n) is 5.01. The van der Waals surface area contributed by atoms with E-state index in [9.17, 15) is 15.0 Å². The quantitative estimate of drug-likeness (QED) is 0.859. The largest absolute Gasteiger partial charge is 0.494 e. The lowest BCUT2D eigenvalue weighted by atomic mass is 9.85. The van der Waals surface area contributed by atoms with Crippen LogP contribution in [-0.2, 0) is 24.2 Å². The van der Waals surface area contributed by atoms with Gasteiger partial charge < -0.3 is 15.1 Å². The van der Waals surface area contributed by atoms with Gasteiger partial charge in [-0.15, -0.1) is 0 Å². The first-order valence-corrected chi connectivity index (χ1v) is 10.3. The van der Waals surface area contributed by atoms with E-state index in [-0.39, 0.29) is 17.7 Å². The van der Waals surface area contributed by atoms with Crippen molar-refractivity contribution in [3.8, 4) is 11.8 Å². The van der Waals surface area contributed by atoms with Crippen LogP contribution in [0.4, 0.5) is 0 Å². The molecule has 1 unspecified atom stereocenters. The minimum absolute atomic E-state index is 0.193. The van der Waals surface area contributed by atoms with Crippen LogP contribution < -0.4 is 0 Å². The van der Waals surface area contributed by atoms with Crippen LogP contribution in [0, 0.1) is 5.92 Å². The summed E-state index contributed by atoms with van der Waals surface area (Å²) < 4.78 is 1.60. The van der Waals surface area contributed by atoms with Crippen LogP contribution in [0.25, 0.3) is 0 Å². The monoisotopic (exact) mass is 358 g/mol. The maximum atomic E-state index is 12.8. The maximum absolute atomic E-state index is 12.8. The van der Waals surface area contributed by atoms with Gasteiger partial charge in [0, 0.05) is 36.3 Å². The number of carbonyl (C=O) groups excluding carboxylic acids is 1. The summed E-state index contributed by atoms with van der Waals surface area (Å²) in [7, 11) is 0. The van der Waals surface area contributed by atoms with E-state index in [1.165, 1.54) is 25.0 Å². The Bertz CT molecular complexity index is 690. The molecule has 0 spiro atoms. The first kappa shape index (κ1) is 17.5. The summed E-state index contributed by atoms with van der Waals surface area (Å²) in [6, 6.07) is 0. The third-order valence-corrected chi connectivity index (χ3v) is 6.37. The molecule has 0 radical (unpaired) electrons. The zero-order valence-corrected chi connectivity index (χ0v) is 15.5. The maximum Gasteiger partial charge on any atom is 0.226 e. The molecule has 142 valence electrons. The van der Waals surface area contributed by atoms with E-state index in [0.29, 0.717) is 25.3 Å². The molecule has 1 aromatic heterocycles. The number of carbonyl (C=O) groups is 1. The zero-order valence-electron chi connectivity index (χ0n) is 15.5. The van der Waals surface area contributed by atoms with Crippen LogP contribution in [0.2, 0.25) is 0 Å². The van der Waals surface area contributed by atoms with Crippen molar-refractivity contribution in [1.29, 1.82) is 0 Å². The fraction of sp³-hybridized carbons (Fsp3) is 0.667. The number of aromatic nitrogens is 1. The molecule has 2 aliphatic carbocycles. The van der Waals surface area contributed by atoms with Crippen molar-refractivity contribution in [3.63, 3.8) is 0 Å². The Morgan fingerprint density at radius 2 is 1.73 bits per heavy atom. The van der Waals surface area contributed by atoms with Gasteiger partial charge in [0.25, 0.3) is 0 Å². The molecular weight excluding hydrogens is 328 g/mol. The van der Waals surface area contributed by atoms with Crippen molar-refractivity contribution in [2.45, 2.75) is 77.2 Å². The van der Waals surface area contributed by atoms with Gasteiger partial charge in [0.1, 0.15) is 0 Å². The topological polar surface area (TPSA) is 65.7 Å². The summed E-state index contributed by atoms with van der Waals surface area (Å²) in [6.07, 6.45) is 13.0. The molecule has 1 aliphatic heterocycles. The summed E-state index contributed by atoms with van der Waals surface area (Å²) in [5.41, 5.74) is 3.08. The van der Waals surface area contributed by atoms with Crippen LogP contribution >= 0.6 is 0 Å². The van der Waals surface area contributed by atoms with E-state index in [0.717, 1.165) is 56.2 Å². The second kappa shape index (κ2) is 7.37. The smallest absolute Gasteiger partial charge is 0.226 e. The number of allylic oxidation sites excluding steroid dienone is 2. The second-order valence-corrected chi connectivity index (χ2v) is 8.01. The first-order chi connectivity index (χ1) is 12.7. The molecule has 0 aromatic carbocycles. The van der Waals surface area contributed by atoms with Gasteiger partial charge in [-0.2, -0.15) is 0 Å². The van der Waals surface area contributed by atoms with Crippen molar-refractivity contribution >= 4 is 5.91 Å². The lowest BCUT2D eigenvalue weighted by Gasteiger charge is -2.38. The highest BCUT2D eigenvalue weighted by Crippen LogP contribution is 2.39. The van der Waals surface area contributed by atoms with Crippen molar-refractivity contribution in [2.24, 2.45) is 5.92 Å². The van der Waals surface area contributed by atoms with E-state index >= 15 is 0 Å². The average Bonchev–Trinajstić information content (AvgIpc) is 2.92. The molecule has 0 saturated carbocycles. The van der Waals surface area contributed by atoms with Gasteiger partial charge in [-0.05, 0) is 70.1 Å². The molecule has 0 bridgehead atoms. The molecule has 1 saturated heterocycles. The lowest BCUT2D eigenvalue weighted by molar-refractivity contribution is -0.130. The third kappa shape index (κ3) is 3.12. The van der Waals surface area contributed by atoms with E-state index in [1.54, 1.807) is 4.57 Å². The van der Waals surface area contributed by atoms with E-state index in [2.05, 4.69) is 6.08 Å². The van der Waals surface area contributed by atoms with Crippen molar-refractivity contribution in [2.75, 3.05) is 6.54 Å². The van der Waals surface area contributed by atoms with Crippen molar-refractivity contribution in [3.05, 3.63) is 22.9 Å². The molecule has 1 aromatic rings. The van der Waals surface area contributed by atoms with E-state index < -0.39 is 0 Å². The number of likely N-dealkylation sites (tertiary alicyclic amines) is 1. The zero-order chi connectivity index (χ0) is 18.1. The highest BCUT2D eigenvalue weighted by atomic mass is 16.3. The van der Waals surface area contributed by atoms with Crippen LogP contribution in [-0.4, -0.2) is 32.1 Å². The van der Waals surface area contributed by atoms with Crippen LogP contribution in [0.5, 0.6) is 11.8 Å². The Kier molecular flexibility index (Phi) is 4.96. The van der Waals surface area contributed by atoms with Gasteiger partial charge in [-0.1, -0.05) is 6.08 Å². The van der Waals surface area contributed by atoms with E-state index in [1.807, 2.05) is 4.90 Å². The Morgan fingerprint density at radius 3 is 2.46 bits per heavy atom. The number of nitrogens with zero attached hydrogens (tertiary/aromatic N) is 2. The van der Waals surface area contributed by atoms with Gasteiger partial charge in [-0.25, -0.2) is 0 Å². The number of amides is 1. The number of hydrogen-bond donors (Lipinski definition) is 2. The Hall–Kier alpha value is -1.91. The third-order valence-electron chi connectivity index (χ3n) is 6.37. The number of rotatable bonds is 4. The molecule has 2 heterocycles. The Morgan fingerprint density at radius 1 is 1.04 bits per heavy atom. The van der Waals surface area contributed by atoms with Gasteiger partial charge in [-0.3, -0.25) is 9.36 Å². The molecule has 2 N–H and O–H groups in total. The molecule has 3 aliphatic rings. The molecule has 1 fully saturated rings. The summed E-state index contributed by atoms with van der Waals surface area (Å²) in [5, 5.41) is 20.8. The molecule has 5 heteroatoms. The summed E-state index contributed by atoms with van der Waals surface area (Å²) in [6.45, 7) is 1.34. The fourth-order valence-corrected chi connectivity index (χ4v) is 5.01. The number of fused-ring (bicyclic) bond motifs is 2. The van der Waals surface area contributed by atoms with Gasteiger partial charge in [0.2, 0.25) is 5.91 Å². The van der Waals surface area contributed by atoms with Crippen LogP contribution in [0.3, 0.4) is 0 Å². The average molecular weight is 358 g/mol. The normalized spacial score (nSPS) is 22.5. The standard InChI is InChI=1S/C21H30N2O3/c24-19(22-13-5-8-15-7-1-4-11-18(15)22)12-6-14-23-20(25)16-9-2-3-10-17(16)21(23)26/h11,15,25-26H,1-10,12-14H2. The number of aromatic hydroxyl groups is 2. The number of hydrogen-bond acceptors (Lipinski definition) is 3. The predicted octanol–water partition coefficient (Wildman–Crippen LogP) is 3.86. The van der Waals surface area contributed by atoms with Gasteiger partial charge in [0.05, 0.1) is 0 Å². The van der Waals surface area contributed by atoms with Gasteiger partial charge in [0.15, 0.2) is 11.8 Å². The van der Waals surface area contributed by atoms with Crippen molar-refractivity contribution in [1.82, 2.24) is 9.47 Å². The molecular formula is C21H30N2O3. The molecule has 26 heavy (non-hydrogen) atoms. The Labute approximate surface area is 155 Å². The molecule has 4 rings (SSSR count). The second-order valence-electron chi connectivity index (χ2n) is 8.01. The van der Waals surface area contributed by atoms with Crippen molar-refractivity contribution < 1.29 is 15.0 Å². The summed E-state index contributed by atoms with van der Waals surface area (Å²) in [5.74, 6) is 1.18. The lowest BCUT2D eigenvalue weighted by Crippen LogP contribution is -2.38. The molecule has 1 amide bonds. The summed E-state index contributed by atoms with van der Waals surface area (Å²) in [4.78, 5) is 14.8. The predicted molar refractivity (Wildman–Crippen MR) is 100 cm³/mol. The molecule has 1 atom stereocenters. The van der Waals surface area contributed by atoms with E-state index in [4.69, 9.17) is 0 Å².